The molecule has 2 heterocycles. The van der Waals surface area contributed by atoms with Gasteiger partial charge in [-0.05, 0) is 62.4 Å². The summed E-state index contributed by atoms with van der Waals surface area (Å²) in [5.41, 5.74) is 6.50. The summed E-state index contributed by atoms with van der Waals surface area (Å²) in [6.07, 6.45) is 4.36. The van der Waals surface area contributed by atoms with Crippen LogP contribution in [0.4, 0.5) is 0 Å². The van der Waals surface area contributed by atoms with Crippen LogP contribution in [-0.2, 0) is 0 Å². The summed E-state index contributed by atoms with van der Waals surface area (Å²) in [5, 5.41) is 9.97. The first-order chi connectivity index (χ1) is 11.2. The fraction of sp³-hybridized carbons (Fsp3) is 0.412. The van der Waals surface area contributed by atoms with Gasteiger partial charge in [-0.3, -0.25) is 0 Å². The van der Waals surface area contributed by atoms with E-state index in [9.17, 15) is 0 Å². The second-order valence-corrected chi connectivity index (χ2v) is 6.63. The number of benzene rings is 1. The van der Waals surface area contributed by atoms with Crippen LogP contribution in [0.1, 0.15) is 37.5 Å². The standard InChI is InChI=1S/C17H18ClN3O2/c18-13-5-6-14-12(7-13)8-15(22-14)17-21-20-16(23-17)11-3-1-10(9-19)2-4-11/h5-8,10-11H,1-4,9,19H2. The summed E-state index contributed by atoms with van der Waals surface area (Å²) in [6, 6.07) is 7.37. The van der Waals surface area contributed by atoms with Crippen molar-refractivity contribution >= 4 is 22.6 Å². The molecule has 120 valence electrons. The lowest BCUT2D eigenvalue weighted by molar-refractivity contribution is 0.298. The third-order valence-electron chi connectivity index (χ3n) is 4.66. The minimum atomic E-state index is 0.331. The summed E-state index contributed by atoms with van der Waals surface area (Å²) >= 11 is 6.00. The van der Waals surface area contributed by atoms with Gasteiger partial charge in [0.2, 0.25) is 5.89 Å². The summed E-state index contributed by atoms with van der Waals surface area (Å²) in [7, 11) is 0. The SMILES string of the molecule is NCC1CCC(c2nnc(-c3cc4cc(Cl)ccc4o3)o2)CC1. The molecule has 5 nitrogen and oxygen atoms in total. The fourth-order valence-corrected chi connectivity index (χ4v) is 3.44. The van der Waals surface area contributed by atoms with Crippen LogP contribution in [-0.4, -0.2) is 16.7 Å². The normalized spacial score (nSPS) is 21.8. The van der Waals surface area contributed by atoms with E-state index >= 15 is 0 Å². The van der Waals surface area contributed by atoms with E-state index in [2.05, 4.69) is 10.2 Å². The first-order valence-electron chi connectivity index (χ1n) is 7.96. The third kappa shape index (κ3) is 2.86. The molecule has 2 aromatic heterocycles. The molecule has 1 aromatic carbocycles. The minimum absolute atomic E-state index is 0.331. The molecule has 0 unspecified atom stereocenters. The van der Waals surface area contributed by atoms with Crippen LogP contribution in [0.15, 0.2) is 33.1 Å². The molecule has 0 bridgehead atoms. The van der Waals surface area contributed by atoms with Crippen molar-refractivity contribution in [1.29, 1.82) is 0 Å². The van der Waals surface area contributed by atoms with Gasteiger partial charge in [0.1, 0.15) is 5.58 Å². The van der Waals surface area contributed by atoms with Crippen molar-refractivity contribution in [3.63, 3.8) is 0 Å². The molecule has 0 amide bonds. The highest BCUT2D eigenvalue weighted by Crippen LogP contribution is 2.36. The zero-order valence-electron chi connectivity index (χ0n) is 12.7. The quantitative estimate of drug-likeness (QED) is 0.771. The maximum absolute atomic E-state index is 6.00. The van der Waals surface area contributed by atoms with Gasteiger partial charge in [0.05, 0.1) is 0 Å². The Balaban J connectivity index is 1.57. The monoisotopic (exact) mass is 331 g/mol. The number of nitrogens with zero attached hydrogens (tertiary/aromatic N) is 2. The van der Waals surface area contributed by atoms with Gasteiger partial charge in [0, 0.05) is 16.3 Å². The van der Waals surface area contributed by atoms with Gasteiger partial charge in [-0.15, -0.1) is 10.2 Å². The summed E-state index contributed by atoms with van der Waals surface area (Å²) in [6.45, 7) is 0.767. The molecule has 0 spiro atoms. The second-order valence-electron chi connectivity index (χ2n) is 6.19. The Morgan fingerprint density at radius 1 is 1.09 bits per heavy atom. The van der Waals surface area contributed by atoms with Crippen molar-refractivity contribution in [2.24, 2.45) is 11.7 Å². The van der Waals surface area contributed by atoms with Crippen LogP contribution in [0.3, 0.4) is 0 Å². The lowest BCUT2D eigenvalue weighted by Gasteiger charge is -2.25. The molecule has 0 aliphatic heterocycles. The van der Waals surface area contributed by atoms with E-state index in [0.717, 1.165) is 43.2 Å². The maximum Gasteiger partial charge on any atom is 0.283 e. The van der Waals surface area contributed by atoms with Crippen LogP contribution in [0.5, 0.6) is 0 Å². The smallest absolute Gasteiger partial charge is 0.283 e. The Hall–Kier alpha value is -1.85. The average Bonchev–Trinajstić information content (AvgIpc) is 3.21. The first-order valence-corrected chi connectivity index (χ1v) is 8.33. The van der Waals surface area contributed by atoms with Crippen LogP contribution in [0.25, 0.3) is 22.6 Å². The molecule has 1 saturated carbocycles. The molecule has 0 saturated heterocycles. The molecule has 6 heteroatoms. The van der Waals surface area contributed by atoms with E-state index in [1.807, 2.05) is 18.2 Å². The molecule has 23 heavy (non-hydrogen) atoms. The van der Waals surface area contributed by atoms with E-state index in [0.29, 0.717) is 34.4 Å². The number of halogens is 1. The molecule has 2 N–H and O–H groups in total. The molecular weight excluding hydrogens is 314 g/mol. The molecule has 4 rings (SSSR count). The van der Waals surface area contributed by atoms with E-state index in [1.54, 1.807) is 6.07 Å². The number of hydrogen-bond donors (Lipinski definition) is 1. The van der Waals surface area contributed by atoms with Crippen molar-refractivity contribution in [3.05, 3.63) is 35.2 Å². The largest absolute Gasteiger partial charge is 0.451 e. The average molecular weight is 332 g/mol. The van der Waals surface area contributed by atoms with Gasteiger partial charge in [0.15, 0.2) is 5.76 Å². The number of rotatable bonds is 3. The van der Waals surface area contributed by atoms with Gasteiger partial charge in [-0.1, -0.05) is 11.6 Å². The Kier molecular flexibility index (Phi) is 3.83. The number of hydrogen-bond acceptors (Lipinski definition) is 5. The second kappa shape index (κ2) is 5.98. The summed E-state index contributed by atoms with van der Waals surface area (Å²) in [5.74, 6) is 2.67. The van der Waals surface area contributed by atoms with Crippen LogP contribution in [0.2, 0.25) is 5.02 Å². The number of aromatic nitrogens is 2. The van der Waals surface area contributed by atoms with Gasteiger partial charge >= 0.3 is 0 Å². The predicted octanol–water partition coefficient (Wildman–Crippen LogP) is 4.37. The molecule has 0 atom stereocenters. The first kappa shape index (κ1) is 14.7. The number of nitrogens with two attached hydrogens (primary N) is 1. The topological polar surface area (TPSA) is 78.1 Å². The van der Waals surface area contributed by atoms with Crippen molar-refractivity contribution in [2.45, 2.75) is 31.6 Å². The predicted molar refractivity (Wildman–Crippen MR) is 88.3 cm³/mol. The van der Waals surface area contributed by atoms with Crippen LogP contribution >= 0.6 is 11.6 Å². The number of furan rings is 1. The molecule has 1 aliphatic rings. The Morgan fingerprint density at radius 3 is 2.70 bits per heavy atom. The number of fused-ring (bicyclic) bond motifs is 1. The highest BCUT2D eigenvalue weighted by atomic mass is 35.5. The lowest BCUT2D eigenvalue weighted by Crippen LogP contribution is -2.20. The minimum Gasteiger partial charge on any atom is -0.451 e. The Morgan fingerprint density at radius 2 is 1.91 bits per heavy atom. The van der Waals surface area contributed by atoms with Crippen molar-refractivity contribution in [3.8, 4) is 11.7 Å². The van der Waals surface area contributed by atoms with E-state index in [1.165, 1.54) is 0 Å². The molecule has 1 aliphatic carbocycles. The van der Waals surface area contributed by atoms with Gasteiger partial charge in [-0.25, -0.2) is 0 Å². The van der Waals surface area contributed by atoms with Crippen molar-refractivity contribution < 1.29 is 8.83 Å². The molecule has 1 fully saturated rings. The van der Waals surface area contributed by atoms with Gasteiger partial charge < -0.3 is 14.6 Å². The Labute approximate surface area is 138 Å². The maximum atomic E-state index is 6.00. The zero-order chi connectivity index (χ0) is 15.8. The zero-order valence-corrected chi connectivity index (χ0v) is 13.4. The van der Waals surface area contributed by atoms with E-state index in [4.69, 9.17) is 26.2 Å². The third-order valence-corrected chi connectivity index (χ3v) is 4.89. The van der Waals surface area contributed by atoms with Crippen molar-refractivity contribution in [2.75, 3.05) is 6.54 Å². The van der Waals surface area contributed by atoms with Crippen molar-refractivity contribution in [1.82, 2.24) is 10.2 Å². The van der Waals surface area contributed by atoms with Crippen LogP contribution < -0.4 is 5.73 Å². The van der Waals surface area contributed by atoms with Gasteiger partial charge in [-0.2, -0.15) is 0 Å². The molecular formula is C17H18ClN3O2. The fourth-order valence-electron chi connectivity index (χ4n) is 3.26. The lowest BCUT2D eigenvalue weighted by atomic mass is 9.82. The molecule has 3 aromatic rings. The summed E-state index contributed by atoms with van der Waals surface area (Å²) in [4.78, 5) is 0. The van der Waals surface area contributed by atoms with Crippen LogP contribution in [0, 0.1) is 5.92 Å². The Bertz CT molecular complexity index is 818. The highest BCUT2D eigenvalue weighted by Gasteiger charge is 2.26. The van der Waals surface area contributed by atoms with E-state index < -0.39 is 0 Å². The van der Waals surface area contributed by atoms with E-state index in [-0.39, 0.29) is 0 Å². The highest BCUT2D eigenvalue weighted by molar-refractivity contribution is 6.31. The van der Waals surface area contributed by atoms with Gasteiger partial charge in [0.25, 0.3) is 5.89 Å². The summed E-state index contributed by atoms with van der Waals surface area (Å²) < 4.78 is 11.6. The molecule has 0 radical (unpaired) electrons.